The number of nitrogens with zero attached hydrogens (tertiary/aromatic N) is 2. The average Bonchev–Trinajstić information content (AvgIpc) is 3.00. The second-order valence-corrected chi connectivity index (χ2v) is 5.87. The number of aromatic nitrogens is 2. The molecule has 0 unspecified atom stereocenters. The van der Waals surface area contributed by atoms with Crippen LogP contribution in [0.2, 0.25) is 5.02 Å². The summed E-state index contributed by atoms with van der Waals surface area (Å²) in [6.07, 6.45) is 3.20. The van der Waals surface area contributed by atoms with Gasteiger partial charge in [-0.05, 0) is 52.3 Å². The van der Waals surface area contributed by atoms with Gasteiger partial charge in [0.15, 0.2) is 0 Å². The Morgan fingerprint density at radius 1 is 1.14 bits per heavy atom. The minimum Gasteiger partial charge on any atom is -0.321 e. The van der Waals surface area contributed by atoms with Gasteiger partial charge in [-0.3, -0.25) is 4.79 Å². The van der Waals surface area contributed by atoms with E-state index in [1.54, 1.807) is 23.0 Å². The van der Waals surface area contributed by atoms with Gasteiger partial charge in [-0.2, -0.15) is 5.10 Å². The van der Waals surface area contributed by atoms with Crippen molar-refractivity contribution in [1.82, 2.24) is 9.78 Å². The van der Waals surface area contributed by atoms with Crippen LogP contribution in [-0.2, 0) is 0 Å². The first-order chi connectivity index (χ1) is 10.6. The number of hydrogen-bond acceptors (Lipinski definition) is 2. The number of halogens is 2. The van der Waals surface area contributed by atoms with Gasteiger partial charge in [0.25, 0.3) is 5.91 Å². The Bertz CT molecular complexity index is 814. The molecule has 0 saturated heterocycles. The molecule has 0 spiro atoms. The summed E-state index contributed by atoms with van der Waals surface area (Å²) >= 11 is 9.26. The molecule has 1 N–H and O–H groups in total. The maximum atomic E-state index is 12.3. The van der Waals surface area contributed by atoms with Crippen LogP contribution in [0.15, 0.2) is 65.4 Å². The summed E-state index contributed by atoms with van der Waals surface area (Å²) in [5.41, 5.74) is 2.03. The molecule has 6 heteroatoms. The number of para-hydroxylation sites is 1. The Hall–Kier alpha value is -2.11. The molecule has 3 rings (SSSR count). The summed E-state index contributed by atoms with van der Waals surface area (Å²) in [4.78, 5) is 12.3. The van der Waals surface area contributed by atoms with Gasteiger partial charge in [0.1, 0.15) is 0 Å². The maximum absolute atomic E-state index is 12.3. The minimum absolute atomic E-state index is 0.216. The first kappa shape index (κ1) is 14.8. The van der Waals surface area contributed by atoms with Crippen LogP contribution in [0.4, 0.5) is 5.69 Å². The molecule has 2 aromatic carbocycles. The third-order valence-electron chi connectivity index (χ3n) is 3.06. The number of benzene rings is 2. The van der Waals surface area contributed by atoms with E-state index >= 15 is 0 Å². The zero-order valence-corrected chi connectivity index (χ0v) is 13.7. The predicted octanol–water partition coefficient (Wildman–Crippen LogP) is 4.54. The lowest BCUT2D eigenvalue weighted by atomic mass is 10.3. The molecule has 0 aliphatic rings. The lowest BCUT2D eigenvalue weighted by Gasteiger charge is -2.05. The van der Waals surface area contributed by atoms with Gasteiger partial charge in [-0.1, -0.05) is 23.7 Å². The quantitative estimate of drug-likeness (QED) is 0.729. The van der Waals surface area contributed by atoms with Crippen LogP contribution in [0, 0.1) is 0 Å². The van der Waals surface area contributed by atoms with E-state index in [-0.39, 0.29) is 5.91 Å². The summed E-state index contributed by atoms with van der Waals surface area (Å²) in [7, 11) is 0. The molecule has 0 atom stereocenters. The molecule has 0 fully saturated rings. The summed E-state index contributed by atoms with van der Waals surface area (Å²) in [6, 6.07) is 14.7. The van der Waals surface area contributed by atoms with E-state index in [2.05, 4.69) is 26.3 Å². The van der Waals surface area contributed by atoms with Crippen molar-refractivity contribution >= 4 is 39.1 Å². The van der Waals surface area contributed by atoms with E-state index in [1.807, 2.05) is 36.4 Å². The molecule has 3 aromatic rings. The van der Waals surface area contributed by atoms with Crippen LogP contribution in [0.5, 0.6) is 0 Å². The van der Waals surface area contributed by atoms with Crippen molar-refractivity contribution in [3.63, 3.8) is 0 Å². The third-order valence-corrected chi connectivity index (χ3v) is 4.00. The standard InChI is InChI=1S/C16H11BrClN3O/c17-14-3-1-2-4-15(14)20-16(22)11-9-19-21(10-11)13-7-5-12(18)6-8-13/h1-10H,(H,20,22). The normalized spacial score (nSPS) is 10.5. The fourth-order valence-corrected chi connectivity index (χ4v) is 2.44. The van der Waals surface area contributed by atoms with Crippen LogP contribution < -0.4 is 5.32 Å². The van der Waals surface area contributed by atoms with Crippen molar-refractivity contribution in [2.75, 3.05) is 5.32 Å². The summed E-state index contributed by atoms with van der Waals surface area (Å²) in [5, 5.41) is 7.70. The van der Waals surface area contributed by atoms with E-state index < -0.39 is 0 Å². The molecule has 0 radical (unpaired) electrons. The second-order valence-electron chi connectivity index (χ2n) is 4.58. The SMILES string of the molecule is O=C(Nc1ccccc1Br)c1cnn(-c2ccc(Cl)cc2)c1. The Balaban J connectivity index is 1.80. The van der Waals surface area contributed by atoms with Crippen LogP contribution >= 0.6 is 27.5 Å². The summed E-state index contributed by atoms with van der Waals surface area (Å²) in [6.45, 7) is 0. The zero-order chi connectivity index (χ0) is 15.5. The van der Waals surface area contributed by atoms with Crippen LogP contribution in [0.25, 0.3) is 5.69 Å². The average molecular weight is 377 g/mol. The van der Waals surface area contributed by atoms with Gasteiger partial charge in [0.05, 0.1) is 23.1 Å². The monoisotopic (exact) mass is 375 g/mol. The highest BCUT2D eigenvalue weighted by molar-refractivity contribution is 9.10. The van der Waals surface area contributed by atoms with Crippen LogP contribution in [0.3, 0.4) is 0 Å². The van der Waals surface area contributed by atoms with Gasteiger partial charge < -0.3 is 5.32 Å². The van der Waals surface area contributed by atoms with E-state index in [9.17, 15) is 4.79 Å². The van der Waals surface area contributed by atoms with Gasteiger partial charge >= 0.3 is 0 Å². The summed E-state index contributed by atoms with van der Waals surface area (Å²) < 4.78 is 2.46. The molecule has 0 saturated carbocycles. The number of rotatable bonds is 3. The second kappa shape index (κ2) is 6.34. The fraction of sp³-hybridized carbons (Fsp3) is 0. The highest BCUT2D eigenvalue weighted by Crippen LogP contribution is 2.22. The van der Waals surface area contributed by atoms with Crippen molar-refractivity contribution in [2.24, 2.45) is 0 Å². The number of anilines is 1. The van der Waals surface area contributed by atoms with Crippen molar-refractivity contribution in [2.45, 2.75) is 0 Å². The van der Waals surface area contributed by atoms with Gasteiger partial charge in [-0.15, -0.1) is 0 Å². The molecule has 0 bridgehead atoms. The van der Waals surface area contributed by atoms with Gasteiger partial charge in [0, 0.05) is 15.7 Å². The van der Waals surface area contributed by atoms with E-state index in [1.165, 1.54) is 6.20 Å². The van der Waals surface area contributed by atoms with E-state index in [0.29, 0.717) is 16.3 Å². The Kier molecular flexibility index (Phi) is 4.27. The Labute approximate surface area is 140 Å². The Morgan fingerprint density at radius 2 is 1.86 bits per heavy atom. The number of nitrogens with one attached hydrogen (secondary N) is 1. The van der Waals surface area contributed by atoms with Crippen molar-refractivity contribution < 1.29 is 4.79 Å². The molecular formula is C16H11BrClN3O. The van der Waals surface area contributed by atoms with E-state index in [4.69, 9.17) is 11.6 Å². The number of carbonyl (C=O) groups is 1. The largest absolute Gasteiger partial charge is 0.321 e. The molecule has 0 aliphatic heterocycles. The number of hydrogen-bond donors (Lipinski definition) is 1. The molecule has 22 heavy (non-hydrogen) atoms. The first-order valence-electron chi connectivity index (χ1n) is 6.50. The molecule has 1 aromatic heterocycles. The molecule has 0 aliphatic carbocycles. The number of amides is 1. The topological polar surface area (TPSA) is 46.9 Å². The van der Waals surface area contributed by atoms with Crippen LogP contribution in [-0.4, -0.2) is 15.7 Å². The summed E-state index contributed by atoms with van der Waals surface area (Å²) in [5.74, 6) is -0.216. The lowest BCUT2D eigenvalue weighted by Crippen LogP contribution is -2.11. The minimum atomic E-state index is -0.216. The number of carbonyl (C=O) groups excluding carboxylic acids is 1. The predicted molar refractivity (Wildman–Crippen MR) is 90.7 cm³/mol. The highest BCUT2D eigenvalue weighted by Gasteiger charge is 2.11. The highest BCUT2D eigenvalue weighted by atomic mass is 79.9. The van der Waals surface area contributed by atoms with Gasteiger partial charge in [-0.25, -0.2) is 4.68 Å². The smallest absolute Gasteiger partial charge is 0.258 e. The molecule has 1 heterocycles. The molecule has 1 amide bonds. The maximum Gasteiger partial charge on any atom is 0.258 e. The molecule has 110 valence electrons. The van der Waals surface area contributed by atoms with Gasteiger partial charge in [0.2, 0.25) is 0 Å². The fourth-order valence-electron chi connectivity index (χ4n) is 1.93. The lowest BCUT2D eigenvalue weighted by molar-refractivity contribution is 0.102. The third kappa shape index (κ3) is 3.21. The molecular weight excluding hydrogens is 366 g/mol. The molecule has 4 nitrogen and oxygen atoms in total. The van der Waals surface area contributed by atoms with Crippen molar-refractivity contribution in [3.05, 3.63) is 76.0 Å². The first-order valence-corrected chi connectivity index (χ1v) is 7.67. The van der Waals surface area contributed by atoms with Crippen LogP contribution in [0.1, 0.15) is 10.4 Å². The van der Waals surface area contributed by atoms with E-state index in [0.717, 1.165) is 10.2 Å². The Morgan fingerprint density at radius 3 is 2.59 bits per heavy atom. The van der Waals surface area contributed by atoms with Crippen molar-refractivity contribution in [3.8, 4) is 5.69 Å². The van der Waals surface area contributed by atoms with Crippen molar-refractivity contribution in [1.29, 1.82) is 0 Å². The zero-order valence-electron chi connectivity index (χ0n) is 11.3.